The van der Waals surface area contributed by atoms with Gasteiger partial charge in [0.15, 0.2) is 5.17 Å². The number of nitrogens with zero attached hydrogens (tertiary/aromatic N) is 2. The van der Waals surface area contributed by atoms with Crippen molar-refractivity contribution >= 4 is 44.5 Å². The predicted octanol–water partition coefficient (Wildman–Crippen LogP) is 2.86. The molecule has 2 aromatic rings. The summed E-state index contributed by atoms with van der Waals surface area (Å²) in [5.41, 5.74) is 0.605. The van der Waals surface area contributed by atoms with Crippen LogP contribution in [0.5, 0.6) is 0 Å². The Kier molecular flexibility index (Phi) is 6.33. The van der Waals surface area contributed by atoms with E-state index in [0.717, 1.165) is 36.0 Å². The van der Waals surface area contributed by atoms with E-state index in [1.165, 1.54) is 4.90 Å². The van der Waals surface area contributed by atoms with Crippen molar-refractivity contribution in [2.45, 2.75) is 23.5 Å². The van der Waals surface area contributed by atoms with E-state index < -0.39 is 21.1 Å². The van der Waals surface area contributed by atoms with E-state index in [2.05, 4.69) is 9.71 Å². The minimum Gasteiger partial charge on any atom is -0.326 e. The van der Waals surface area contributed by atoms with Crippen LogP contribution in [-0.2, 0) is 19.6 Å². The maximum absolute atomic E-state index is 13.1. The van der Waals surface area contributed by atoms with Crippen LogP contribution in [0.4, 0.5) is 10.1 Å². The van der Waals surface area contributed by atoms with Crippen LogP contribution in [0, 0.1) is 5.82 Å². The van der Waals surface area contributed by atoms with E-state index in [1.54, 1.807) is 31.2 Å². The van der Waals surface area contributed by atoms with E-state index in [0.29, 0.717) is 5.69 Å². The van der Waals surface area contributed by atoms with Crippen molar-refractivity contribution in [2.75, 3.05) is 11.9 Å². The zero-order valence-electron chi connectivity index (χ0n) is 15.4. The Morgan fingerprint density at radius 1 is 1.17 bits per heavy atom. The first-order valence-corrected chi connectivity index (χ1v) is 11.1. The summed E-state index contributed by atoms with van der Waals surface area (Å²) in [7, 11) is -4.12. The second kappa shape index (κ2) is 8.75. The van der Waals surface area contributed by atoms with Crippen LogP contribution in [0.2, 0.25) is 0 Å². The Balaban J connectivity index is 1.77. The van der Waals surface area contributed by atoms with E-state index >= 15 is 0 Å². The number of halogens is 1. The van der Waals surface area contributed by atoms with Gasteiger partial charge < -0.3 is 5.32 Å². The number of thioether (sulfide) groups is 1. The molecule has 2 aromatic carbocycles. The summed E-state index contributed by atoms with van der Waals surface area (Å²) in [6.07, 6.45) is -0.121. The Hall–Kier alpha value is -2.72. The molecule has 3 rings (SSSR count). The highest BCUT2D eigenvalue weighted by atomic mass is 32.2. The Labute approximate surface area is 172 Å². The first kappa shape index (κ1) is 21.0. The molecule has 10 heteroatoms. The first-order valence-electron chi connectivity index (χ1n) is 8.73. The number of amides is 2. The maximum atomic E-state index is 13.1. The van der Waals surface area contributed by atoms with E-state index in [4.69, 9.17) is 0 Å². The largest absolute Gasteiger partial charge is 0.326 e. The zero-order chi connectivity index (χ0) is 21.0. The quantitative estimate of drug-likeness (QED) is 0.753. The highest BCUT2D eigenvalue weighted by Crippen LogP contribution is 2.31. The normalized spacial score (nSPS) is 18.3. The molecule has 0 bridgehead atoms. The van der Waals surface area contributed by atoms with Crippen LogP contribution in [0.1, 0.15) is 13.3 Å². The van der Waals surface area contributed by atoms with Crippen molar-refractivity contribution in [3.05, 3.63) is 60.4 Å². The Bertz CT molecular complexity index is 1040. The van der Waals surface area contributed by atoms with Crippen molar-refractivity contribution in [3.8, 4) is 0 Å². The SMILES string of the molecule is CCN1C(=O)C(CC(=O)Nc2ccccc2)S/C1=N/S(=O)(=O)c1ccc(F)cc1. The monoisotopic (exact) mass is 435 g/mol. The molecule has 1 saturated heterocycles. The van der Waals surface area contributed by atoms with Gasteiger partial charge in [-0.3, -0.25) is 14.5 Å². The molecule has 1 fully saturated rings. The van der Waals surface area contributed by atoms with Crippen molar-refractivity contribution in [2.24, 2.45) is 4.40 Å². The van der Waals surface area contributed by atoms with Crippen LogP contribution in [0.15, 0.2) is 63.9 Å². The lowest BCUT2D eigenvalue weighted by atomic mass is 10.2. The summed E-state index contributed by atoms with van der Waals surface area (Å²) in [5.74, 6) is -1.31. The Morgan fingerprint density at radius 3 is 2.45 bits per heavy atom. The van der Waals surface area contributed by atoms with Crippen LogP contribution < -0.4 is 5.32 Å². The standard InChI is InChI=1S/C19H18FN3O4S2/c1-2-23-18(25)16(12-17(24)21-14-6-4-3-5-7-14)28-19(23)22-29(26,27)15-10-8-13(20)9-11-15/h3-11,16H,2,12H2,1H3,(H,21,24)/b22-19+. The third-order valence-corrected chi connectivity index (χ3v) is 6.65. The van der Waals surface area contributed by atoms with Gasteiger partial charge in [0.2, 0.25) is 11.8 Å². The second-order valence-electron chi connectivity index (χ2n) is 6.11. The first-order chi connectivity index (χ1) is 13.8. The minimum absolute atomic E-state index is 0.000615. The molecule has 0 radical (unpaired) electrons. The van der Waals surface area contributed by atoms with Crippen molar-refractivity contribution < 1.29 is 22.4 Å². The molecular weight excluding hydrogens is 417 g/mol. The molecular formula is C19H18FN3O4S2. The van der Waals surface area contributed by atoms with Crippen LogP contribution in [0.25, 0.3) is 0 Å². The fraction of sp³-hybridized carbons (Fsp3) is 0.211. The van der Waals surface area contributed by atoms with Crippen molar-refractivity contribution in [3.63, 3.8) is 0 Å². The van der Waals surface area contributed by atoms with Gasteiger partial charge in [-0.25, -0.2) is 4.39 Å². The van der Waals surface area contributed by atoms with Gasteiger partial charge >= 0.3 is 0 Å². The fourth-order valence-electron chi connectivity index (χ4n) is 2.66. The van der Waals surface area contributed by atoms with Gasteiger partial charge in [0.25, 0.3) is 10.0 Å². The summed E-state index contributed by atoms with van der Waals surface area (Å²) in [6, 6.07) is 13.1. The van der Waals surface area contributed by atoms with Gasteiger partial charge in [0, 0.05) is 18.7 Å². The van der Waals surface area contributed by atoms with Gasteiger partial charge in [-0.15, -0.1) is 4.40 Å². The minimum atomic E-state index is -4.12. The lowest BCUT2D eigenvalue weighted by Crippen LogP contribution is -2.33. The molecule has 1 aliphatic heterocycles. The number of para-hydroxylation sites is 1. The molecule has 0 spiro atoms. The van der Waals surface area contributed by atoms with Crippen molar-refractivity contribution in [1.82, 2.24) is 4.90 Å². The number of amidine groups is 1. The van der Waals surface area contributed by atoms with Gasteiger partial charge in [-0.1, -0.05) is 30.0 Å². The van der Waals surface area contributed by atoms with E-state index in [-0.39, 0.29) is 34.8 Å². The third-order valence-electron chi connectivity index (χ3n) is 4.07. The lowest BCUT2D eigenvalue weighted by molar-refractivity contribution is -0.128. The molecule has 1 heterocycles. The van der Waals surface area contributed by atoms with Gasteiger partial charge in [-0.05, 0) is 43.3 Å². The molecule has 0 aromatic heterocycles. The number of carbonyl (C=O) groups excluding carboxylic acids is 2. The lowest BCUT2D eigenvalue weighted by Gasteiger charge is -2.13. The molecule has 2 amide bonds. The number of carbonyl (C=O) groups is 2. The summed E-state index contributed by atoms with van der Waals surface area (Å²) in [4.78, 5) is 25.9. The van der Waals surface area contributed by atoms with Crippen molar-refractivity contribution in [1.29, 1.82) is 0 Å². The second-order valence-corrected chi connectivity index (χ2v) is 8.88. The Morgan fingerprint density at radius 2 is 1.83 bits per heavy atom. The number of benzene rings is 2. The summed E-state index contributed by atoms with van der Waals surface area (Å²) in [5, 5.41) is 1.92. The molecule has 1 aliphatic rings. The number of nitrogens with one attached hydrogen (secondary N) is 1. The highest BCUT2D eigenvalue weighted by molar-refractivity contribution is 8.16. The van der Waals surface area contributed by atoms with E-state index in [9.17, 15) is 22.4 Å². The molecule has 1 atom stereocenters. The van der Waals surface area contributed by atoms with Crippen LogP contribution in [0.3, 0.4) is 0 Å². The number of hydrogen-bond acceptors (Lipinski definition) is 5. The molecule has 1 unspecified atom stereocenters. The molecule has 0 aliphatic carbocycles. The summed E-state index contributed by atoms with van der Waals surface area (Å²) < 4.78 is 41.8. The average Bonchev–Trinajstić information content (AvgIpc) is 2.96. The third kappa shape index (κ3) is 5.01. The number of hydrogen-bond donors (Lipinski definition) is 1. The fourth-order valence-corrected chi connectivity index (χ4v) is 5.08. The topological polar surface area (TPSA) is 95.9 Å². The highest BCUT2D eigenvalue weighted by Gasteiger charge is 2.39. The zero-order valence-corrected chi connectivity index (χ0v) is 17.0. The molecule has 29 heavy (non-hydrogen) atoms. The number of rotatable bonds is 6. The number of sulfonamides is 1. The molecule has 0 saturated carbocycles. The molecule has 7 nitrogen and oxygen atoms in total. The predicted molar refractivity (Wildman–Crippen MR) is 109 cm³/mol. The van der Waals surface area contributed by atoms with E-state index in [1.807, 2.05) is 6.07 Å². The summed E-state index contributed by atoms with van der Waals surface area (Å²) >= 11 is 0.927. The van der Waals surface area contributed by atoms with Gasteiger partial charge in [-0.2, -0.15) is 8.42 Å². The summed E-state index contributed by atoms with van der Waals surface area (Å²) in [6.45, 7) is 1.89. The number of anilines is 1. The average molecular weight is 436 g/mol. The van der Waals surface area contributed by atoms with Gasteiger partial charge in [0.05, 0.1) is 4.90 Å². The maximum Gasteiger partial charge on any atom is 0.284 e. The van der Waals surface area contributed by atoms with Crippen LogP contribution in [-0.4, -0.2) is 42.1 Å². The smallest absolute Gasteiger partial charge is 0.284 e. The molecule has 152 valence electrons. The molecule has 1 N–H and O–H groups in total. The van der Waals surface area contributed by atoms with Crippen LogP contribution >= 0.6 is 11.8 Å². The van der Waals surface area contributed by atoms with Gasteiger partial charge in [0.1, 0.15) is 11.1 Å².